The number of carbonyl (C=O) groups is 1. The van der Waals surface area contributed by atoms with Crippen LogP contribution in [-0.2, 0) is 0 Å². The first-order valence-electron chi connectivity index (χ1n) is 10.2. The Balaban J connectivity index is 1.79. The molecule has 2 aromatic carbocycles. The molecule has 0 spiro atoms. The summed E-state index contributed by atoms with van der Waals surface area (Å²) >= 11 is 1.62. The summed E-state index contributed by atoms with van der Waals surface area (Å²) in [6, 6.07) is 13.5. The summed E-state index contributed by atoms with van der Waals surface area (Å²) in [4.78, 5) is 15.0. The number of hydrogen-bond donors (Lipinski definition) is 2. The van der Waals surface area contributed by atoms with Gasteiger partial charge in [-0.25, -0.2) is 0 Å². The summed E-state index contributed by atoms with van der Waals surface area (Å²) in [7, 11) is 0. The lowest BCUT2D eigenvalue weighted by Crippen LogP contribution is -2.48. The van der Waals surface area contributed by atoms with Gasteiger partial charge in [0.25, 0.3) is 5.91 Å². The summed E-state index contributed by atoms with van der Waals surface area (Å²) < 4.78 is 0. The predicted molar refractivity (Wildman–Crippen MR) is 128 cm³/mol. The number of thioether (sulfide) groups is 1. The SMILES string of the molecule is CSC/C(N)=C(\C)C(=N)c1cc(C(=O)N2CC(c3ccc(C#N)cc3)C2)c(C)cc1C. The molecule has 1 amide bonds. The number of benzene rings is 2. The Hall–Kier alpha value is -3.04. The zero-order valence-corrected chi connectivity index (χ0v) is 19.3. The minimum atomic E-state index is -0.00448. The highest BCUT2D eigenvalue weighted by molar-refractivity contribution is 7.98. The van der Waals surface area contributed by atoms with Crippen molar-refractivity contribution in [3.8, 4) is 6.07 Å². The van der Waals surface area contributed by atoms with Gasteiger partial charge in [-0.05, 0) is 67.5 Å². The Bertz CT molecular complexity index is 1090. The molecule has 3 N–H and O–H groups in total. The molecular weight excluding hydrogens is 404 g/mol. The fraction of sp³-hybridized carbons (Fsp3) is 0.320. The van der Waals surface area contributed by atoms with Crippen LogP contribution in [-0.4, -0.2) is 41.6 Å². The molecule has 0 radical (unpaired) electrons. The molecule has 1 aliphatic rings. The number of likely N-dealkylation sites (tertiary alicyclic amines) is 1. The summed E-state index contributed by atoms with van der Waals surface area (Å²) in [5.74, 6) is 0.960. The molecule has 160 valence electrons. The first kappa shape index (κ1) is 22.6. The average molecular weight is 433 g/mol. The van der Waals surface area contributed by atoms with E-state index in [-0.39, 0.29) is 11.8 Å². The van der Waals surface area contributed by atoms with Crippen LogP contribution in [0.2, 0.25) is 0 Å². The maximum Gasteiger partial charge on any atom is 0.254 e. The number of nitriles is 1. The van der Waals surface area contributed by atoms with Crippen molar-refractivity contribution in [3.63, 3.8) is 0 Å². The molecule has 1 aliphatic heterocycles. The third kappa shape index (κ3) is 4.67. The lowest BCUT2D eigenvalue weighted by molar-refractivity contribution is 0.0601. The highest BCUT2D eigenvalue weighted by atomic mass is 32.2. The van der Waals surface area contributed by atoms with E-state index < -0.39 is 0 Å². The number of allylic oxidation sites excluding steroid dienone is 1. The van der Waals surface area contributed by atoms with Crippen LogP contribution in [0.1, 0.15) is 51.0 Å². The van der Waals surface area contributed by atoms with Gasteiger partial charge in [-0.3, -0.25) is 10.2 Å². The molecular formula is C25H28N4OS. The van der Waals surface area contributed by atoms with Gasteiger partial charge in [0.2, 0.25) is 0 Å². The fourth-order valence-electron chi connectivity index (χ4n) is 3.83. The maximum atomic E-state index is 13.2. The van der Waals surface area contributed by atoms with E-state index in [0.29, 0.717) is 41.4 Å². The Kier molecular flexibility index (Phi) is 6.87. The highest BCUT2D eigenvalue weighted by Gasteiger charge is 2.33. The molecule has 5 nitrogen and oxygen atoms in total. The number of aryl methyl sites for hydroxylation is 2. The van der Waals surface area contributed by atoms with Crippen molar-refractivity contribution in [1.82, 2.24) is 4.90 Å². The minimum absolute atomic E-state index is 0.00448. The first-order chi connectivity index (χ1) is 14.8. The fourth-order valence-corrected chi connectivity index (χ4v) is 4.36. The Morgan fingerprint density at radius 2 is 1.81 bits per heavy atom. The largest absolute Gasteiger partial charge is 0.401 e. The van der Waals surface area contributed by atoms with Crippen LogP contribution in [0.4, 0.5) is 0 Å². The van der Waals surface area contributed by atoms with Gasteiger partial charge in [-0.15, -0.1) is 0 Å². The smallest absolute Gasteiger partial charge is 0.254 e. The van der Waals surface area contributed by atoms with Crippen LogP contribution in [0, 0.1) is 30.6 Å². The number of hydrogen-bond acceptors (Lipinski definition) is 5. The summed E-state index contributed by atoms with van der Waals surface area (Å²) in [6.45, 7) is 7.09. The van der Waals surface area contributed by atoms with Crippen molar-refractivity contribution >= 4 is 23.4 Å². The molecule has 0 unspecified atom stereocenters. The van der Waals surface area contributed by atoms with Crippen LogP contribution in [0.25, 0.3) is 0 Å². The molecule has 31 heavy (non-hydrogen) atoms. The van der Waals surface area contributed by atoms with E-state index in [1.54, 1.807) is 11.8 Å². The van der Waals surface area contributed by atoms with Gasteiger partial charge >= 0.3 is 0 Å². The standard InChI is InChI=1S/C25H28N4OS/c1-15-9-16(2)22(10-21(15)24(28)17(3)23(27)14-31-4)25(30)29-12-20(13-29)19-7-5-18(11-26)6-8-19/h5-10,20,28H,12-14,27H2,1-4H3/b23-17-,28-24?. The van der Waals surface area contributed by atoms with Crippen molar-refractivity contribution in [2.45, 2.75) is 26.7 Å². The predicted octanol–water partition coefficient (Wildman–Crippen LogP) is 4.38. The highest BCUT2D eigenvalue weighted by Crippen LogP contribution is 2.30. The summed E-state index contributed by atoms with van der Waals surface area (Å²) in [5, 5.41) is 17.6. The molecule has 0 saturated carbocycles. The average Bonchev–Trinajstić information content (AvgIpc) is 2.72. The van der Waals surface area contributed by atoms with Crippen molar-refractivity contribution < 1.29 is 4.79 Å². The molecule has 3 rings (SSSR count). The van der Waals surface area contributed by atoms with E-state index in [9.17, 15) is 4.79 Å². The zero-order valence-electron chi connectivity index (χ0n) is 18.5. The van der Waals surface area contributed by atoms with Crippen molar-refractivity contribution in [1.29, 1.82) is 10.7 Å². The van der Waals surface area contributed by atoms with Gasteiger partial charge < -0.3 is 10.6 Å². The van der Waals surface area contributed by atoms with E-state index in [4.69, 9.17) is 16.4 Å². The number of nitrogens with one attached hydrogen (secondary N) is 1. The lowest BCUT2D eigenvalue weighted by atomic mass is 9.89. The Labute approximate surface area is 188 Å². The molecule has 1 heterocycles. The molecule has 0 aliphatic carbocycles. The zero-order chi connectivity index (χ0) is 22.7. The molecule has 2 aromatic rings. The van der Waals surface area contributed by atoms with E-state index in [0.717, 1.165) is 27.8 Å². The molecule has 6 heteroatoms. The van der Waals surface area contributed by atoms with Gasteiger partial charge in [-0.2, -0.15) is 17.0 Å². The quantitative estimate of drug-likeness (QED) is 0.663. The maximum absolute atomic E-state index is 13.2. The van der Waals surface area contributed by atoms with Crippen molar-refractivity contribution in [2.75, 3.05) is 25.1 Å². The number of rotatable bonds is 6. The number of amides is 1. The van der Waals surface area contributed by atoms with Crippen molar-refractivity contribution in [3.05, 3.63) is 81.0 Å². The van der Waals surface area contributed by atoms with Gasteiger partial charge in [0.15, 0.2) is 0 Å². The van der Waals surface area contributed by atoms with Crippen LogP contribution in [0.15, 0.2) is 47.7 Å². The Morgan fingerprint density at radius 3 is 2.39 bits per heavy atom. The van der Waals surface area contributed by atoms with Crippen LogP contribution in [0.3, 0.4) is 0 Å². The van der Waals surface area contributed by atoms with E-state index in [2.05, 4.69) is 6.07 Å². The van der Waals surface area contributed by atoms with Crippen LogP contribution in [0.5, 0.6) is 0 Å². The third-order valence-corrected chi connectivity index (χ3v) is 6.51. The van der Waals surface area contributed by atoms with E-state index >= 15 is 0 Å². The van der Waals surface area contributed by atoms with Crippen LogP contribution < -0.4 is 5.73 Å². The first-order valence-corrected chi connectivity index (χ1v) is 11.6. The topological polar surface area (TPSA) is 94.0 Å². The molecule has 1 fully saturated rings. The second-order valence-corrected chi connectivity index (χ2v) is 8.95. The van der Waals surface area contributed by atoms with Gasteiger partial charge in [0.1, 0.15) is 0 Å². The summed E-state index contributed by atoms with van der Waals surface area (Å²) in [6.07, 6.45) is 1.98. The second kappa shape index (κ2) is 9.40. The number of nitrogens with two attached hydrogens (primary N) is 1. The number of carbonyl (C=O) groups excluding carboxylic acids is 1. The van der Waals surface area contributed by atoms with Crippen molar-refractivity contribution in [2.24, 2.45) is 5.73 Å². The Morgan fingerprint density at radius 1 is 1.19 bits per heavy atom. The van der Waals surface area contributed by atoms with Gasteiger partial charge in [0.05, 0.1) is 17.3 Å². The monoisotopic (exact) mass is 432 g/mol. The minimum Gasteiger partial charge on any atom is -0.401 e. The molecule has 0 atom stereocenters. The van der Waals surface area contributed by atoms with E-state index in [1.165, 1.54) is 0 Å². The molecule has 0 bridgehead atoms. The molecule has 1 saturated heterocycles. The van der Waals surface area contributed by atoms with E-state index in [1.807, 2.05) is 68.3 Å². The second-order valence-electron chi connectivity index (χ2n) is 8.08. The van der Waals surface area contributed by atoms with Gasteiger partial charge in [-0.1, -0.05) is 18.2 Å². The lowest BCUT2D eigenvalue weighted by Gasteiger charge is -2.40. The summed E-state index contributed by atoms with van der Waals surface area (Å²) in [5.41, 5.74) is 13.0. The normalized spacial score (nSPS) is 14.5. The number of nitrogens with zero attached hydrogens (tertiary/aromatic N) is 2. The molecule has 0 aromatic heterocycles. The third-order valence-electron chi connectivity index (χ3n) is 5.91. The van der Waals surface area contributed by atoms with Crippen LogP contribution >= 0.6 is 11.8 Å². The van der Waals surface area contributed by atoms with Gasteiger partial charge in [0, 0.05) is 41.6 Å².